The van der Waals surface area contributed by atoms with Crippen LogP contribution >= 0.6 is 22.7 Å². The first kappa shape index (κ1) is 25.8. The van der Waals surface area contributed by atoms with Gasteiger partial charge in [-0.25, -0.2) is 0 Å². The highest BCUT2D eigenvalue weighted by Gasteiger charge is 2.80. The highest BCUT2D eigenvalue weighted by molar-refractivity contribution is 7.16. The average molecular weight is 549 g/mol. The predicted molar refractivity (Wildman–Crippen MR) is 140 cm³/mol. The third-order valence-electron chi connectivity index (χ3n) is 6.71. The van der Waals surface area contributed by atoms with Crippen molar-refractivity contribution in [2.75, 3.05) is 0 Å². The van der Waals surface area contributed by atoms with Crippen LogP contribution in [0.25, 0.3) is 32.0 Å². The van der Waals surface area contributed by atoms with Crippen LogP contribution in [-0.2, 0) is 0 Å². The van der Waals surface area contributed by atoms with Crippen LogP contribution in [0.5, 0.6) is 0 Å². The number of alkyl halides is 6. The first-order chi connectivity index (χ1) is 17.3. The Kier molecular flexibility index (Phi) is 5.99. The predicted octanol–water partition coefficient (Wildman–Crippen LogP) is 10.2. The van der Waals surface area contributed by atoms with Crippen molar-refractivity contribution in [3.8, 4) is 20.9 Å². The summed E-state index contributed by atoms with van der Waals surface area (Å²) >= 11 is 2.22. The van der Waals surface area contributed by atoms with E-state index in [0.29, 0.717) is 20.9 Å². The van der Waals surface area contributed by atoms with Crippen molar-refractivity contribution < 1.29 is 26.3 Å². The monoisotopic (exact) mass is 548 g/mol. The molecule has 2 aromatic carbocycles. The largest absolute Gasteiger partial charge is 0.380 e. The Hall–Kier alpha value is -2.84. The number of benzene rings is 2. The minimum absolute atomic E-state index is 0.267. The van der Waals surface area contributed by atoms with E-state index in [1.807, 2.05) is 38.1 Å². The molecule has 1 aliphatic carbocycles. The number of thiophene rings is 2. The van der Waals surface area contributed by atoms with Crippen LogP contribution in [0.15, 0.2) is 60.7 Å². The molecule has 2 aromatic heterocycles. The van der Waals surface area contributed by atoms with E-state index >= 15 is 17.6 Å². The Bertz CT molecular complexity index is 1410. The number of aryl methyl sites for hydroxylation is 4. The van der Waals surface area contributed by atoms with Crippen LogP contribution in [0.3, 0.4) is 0 Å². The van der Waals surface area contributed by atoms with Gasteiger partial charge < -0.3 is 0 Å². The van der Waals surface area contributed by atoms with Gasteiger partial charge in [0, 0.05) is 30.7 Å². The van der Waals surface area contributed by atoms with Crippen molar-refractivity contribution in [3.63, 3.8) is 0 Å². The number of allylic oxidation sites excluding steroid dienone is 2. The second kappa shape index (κ2) is 8.60. The van der Waals surface area contributed by atoms with E-state index in [0.717, 1.165) is 33.8 Å². The molecule has 192 valence electrons. The van der Waals surface area contributed by atoms with Gasteiger partial charge in [0.1, 0.15) is 0 Å². The van der Waals surface area contributed by atoms with Crippen LogP contribution in [0.1, 0.15) is 32.0 Å². The molecule has 0 unspecified atom stereocenters. The molecule has 8 heteroatoms. The molecule has 0 spiro atoms. The Morgan fingerprint density at radius 3 is 1.16 bits per heavy atom. The van der Waals surface area contributed by atoms with Gasteiger partial charge in [-0.05, 0) is 62.1 Å². The van der Waals surface area contributed by atoms with Crippen LogP contribution in [0, 0.1) is 27.7 Å². The molecule has 0 saturated carbocycles. The van der Waals surface area contributed by atoms with Gasteiger partial charge in [0.05, 0.1) is 0 Å². The zero-order valence-electron chi connectivity index (χ0n) is 20.4. The summed E-state index contributed by atoms with van der Waals surface area (Å²) in [5.41, 5.74) is 0.208. The zero-order valence-corrected chi connectivity index (χ0v) is 22.0. The molecule has 5 rings (SSSR count). The van der Waals surface area contributed by atoms with Crippen molar-refractivity contribution in [1.82, 2.24) is 0 Å². The summed E-state index contributed by atoms with van der Waals surface area (Å²) in [6, 6.07) is 17.1. The average Bonchev–Trinajstić information content (AvgIpc) is 3.42. The van der Waals surface area contributed by atoms with E-state index in [1.54, 1.807) is 24.3 Å². The van der Waals surface area contributed by atoms with Gasteiger partial charge in [0.2, 0.25) is 0 Å². The number of hydrogen-bond acceptors (Lipinski definition) is 2. The fourth-order valence-electron chi connectivity index (χ4n) is 4.61. The molecule has 0 N–H and O–H groups in total. The molecular weight excluding hydrogens is 526 g/mol. The van der Waals surface area contributed by atoms with E-state index in [4.69, 9.17) is 0 Å². The Labute approximate surface area is 218 Å². The van der Waals surface area contributed by atoms with Crippen molar-refractivity contribution in [2.24, 2.45) is 0 Å². The summed E-state index contributed by atoms with van der Waals surface area (Å²) in [5, 5.41) is 0. The van der Waals surface area contributed by atoms with E-state index in [2.05, 4.69) is 0 Å². The summed E-state index contributed by atoms with van der Waals surface area (Å²) in [6.07, 6.45) is 0. The van der Waals surface area contributed by atoms with E-state index in [1.165, 1.54) is 26.0 Å². The first-order valence-corrected chi connectivity index (χ1v) is 13.1. The maximum atomic E-state index is 15.4. The number of hydrogen-bond donors (Lipinski definition) is 0. The third kappa shape index (κ3) is 3.87. The molecule has 2 heterocycles. The molecule has 0 bridgehead atoms. The molecule has 0 amide bonds. The normalized spacial score (nSPS) is 18.0. The minimum atomic E-state index is -5.58. The van der Waals surface area contributed by atoms with Crippen molar-refractivity contribution in [2.45, 2.75) is 45.5 Å². The Balaban J connectivity index is 1.76. The smallest absolute Gasteiger partial charge is 0.194 e. The topological polar surface area (TPSA) is 0 Å². The lowest BCUT2D eigenvalue weighted by molar-refractivity contribution is -0.254. The maximum absolute atomic E-state index is 15.4. The summed E-state index contributed by atoms with van der Waals surface area (Å²) < 4.78 is 91.2. The summed E-state index contributed by atoms with van der Waals surface area (Å²) in [4.78, 5) is 1.61. The van der Waals surface area contributed by atoms with Crippen LogP contribution in [-0.4, -0.2) is 17.8 Å². The Morgan fingerprint density at radius 2 is 0.838 bits per heavy atom. The maximum Gasteiger partial charge on any atom is 0.380 e. The van der Waals surface area contributed by atoms with Gasteiger partial charge >= 0.3 is 17.8 Å². The third-order valence-corrected chi connectivity index (χ3v) is 8.91. The van der Waals surface area contributed by atoms with Crippen LogP contribution in [0.4, 0.5) is 26.3 Å². The second-order valence-corrected chi connectivity index (χ2v) is 11.9. The first-order valence-electron chi connectivity index (χ1n) is 11.5. The van der Waals surface area contributed by atoms with Gasteiger partial charge in [-0.15, -0.1) is 22.7 Å². The molecule has 0 aliphatic heterocycles. The highest BCUT2D eigenvalue weighted by atomic mass is 32.1. The SMILES string of the molecule is Cc1ccc(-c2cc(C3=C(c4cc(-c5ccc(C)cc5)sc4C)C(F)(F)C(F)(F)C3(F)F)c(C)s2)cc1. The fraction of sp³-hybridized carbons (Fsp3) is 0.241. The van der Waals surface area contributed by atoms with Crippen LogP contribution in [0.2, 0.25) is 0 Å². The van der Waals surface area contributed by atoms with Crippen molar-refractivity contribution in [3.05, 3.63) is 92.7 Å². The van der Waals surface area contributed by atoms with E-state index < -0.39 is 28.9 Å². The van der Waals surface area contributed by atoms with Crippen LogP contribution < -0.4 is 0 Å². The standard InChI is InChI=1S/C29H22F6S2/c1-15-5-9-19(10-6-15)23-13-21(17(3)36-23)25-26(28(32,33)29(34,35)27(25,30)31)22-14-24(37-18(22)4)20-11-7-16(2)8-12-20/h5-14H,1-4H3. The Morgan fingerprint density at radius 1 is 0.514 bits per heavy atom. The number of rotatable bonds is 4. The second-order valence-electron chi connectivity index (χ2n) is 9.37. The summed E-state index contributed by atoms with van der Waals surface area (Å²) in [7, 11) is 0. The van der Waals surface area contributed by atoms with E-state index in [-0.39, 0.29) is 20.9 Å². The minimum Gasteiger partial charge on any atom is -0.194 e. The number of halogens is 6. The van der Waals surface area contributed by atoms with Gasteiger partial charge in [-0.1, -0.05) is 59.7 Å². The molecule has 4 aromatic rings. The van der Waals surface area contributed by atoms with Crippen molar-refractivity contribution >= 4 is 33.8 Å². The van der Waals surface area contributed by atoms with Crippen molar-refractivity contribution in [1.29, 1.82) is 0 Å². The fourth-order valence-corrected chi connectivity index (χ4v) is 6.68. The van der Waals surface area contributed by atoms with Gasteiger partial charge in [-0.2, -0.15) is 26.3 Å². The quantitative estimate of drug-likeness (QED) is 0.223. The highest BCUT2D eigenvalue weighted by Crippen LogP contribution is 2.66. The molecule has 0 saturated heterocycles. The summed E-state index contributed by atoms with van der Waals surface area (Å²) in [5.74, 6) is -15.7. The zero-order chi connectivity index (χ0) is 26.9. The summed E-state index contributed by atoms with van der Waals surface area (Å²) in [6.45, 7) is 6.77. The molecule has 1 aliphatic rings. The molecule has 0 fully saturated rings. The molecule has 0 radical (unpaired) electrons. The van der Waals surface area contributed by atoms with Gasteiger partial charge in [-0.3, -0.25) is 0 Å². The lowest BCUT2D eigenvalue weighted by Gasteiger charge is -2.25. The lowest BCUT2D eigenvalue weighted by Crippen LogP contribution is -2.48. The van der Waals surface area contributed by atoms with Gasteiger partial charge in [0.15, 0.2) is 0 Å². The van der Waals surface area contributed by atoms with E-state index in [9.17, 15) is 8.78 Å². The van der Waals surface area contributed by atoms with Gasteiger partial charge in [0.25, 0.3) is 0 Å². The molecule has 0 nitrogen and oxygen atoms in total. The molecule has 37 heavy (non-hydrogen) atoms. The molecule has 0 atom stereocenters. The lowest BCUT2D eigenvalue weighted by atomic mass is 9.94. The molecular formula is C29H22F6S2.